The Kier molecular flexibility index (Phi) is 5.93. The lowest BCUT2D eigenvalue weighted by Gasteiger charge is -2.40. The summed E-state index contributed by atoms with van der Waals surface area (Å²) in [4.78, 5) is 17.3. The van der Waals surface area contributed by atoms with Crippen molar-refractivity contribution in [3.8, 4) is 0 Å². The Morgan fingerprint density at radius 3 is 2.79 bits per heavy atom. The Hall–Kier alpha value is -1.12. The molecule has 0 aromatic rings. The Labute approximate surface area is 147 Å². The van der Waals surface area contributed by atoms with Gasteiger partial charge in [0.15, 0.2) is 0 Å². The van der Waals surface area contributed by atoms with Crippen LogP contribution < -0.4 is 0 Å². The molecular formula is C21H35NO2. The quantitative estimate of drug-likeness (QED) is 0.363. The second-order valence-electron chi connectivity index (χ2n) is 8.95. The maximum absolute atomic E-state index is 12.3. The molecule has 2 rings (SSSR count). The fraction of sp³-hybridized carbons (Fsp3) is 0.810. The number of rotatable bonds is 6. The molecule has 3 nitrogen and oxygen atoms in total. The third kappa shape index (κ3) is 3.92. The van der Waals surface area contributed by atoms with Crippen LogP contribution in [0.15, 0.2) is 16.8 Å². The van der Waals surface area contributed by atoms with Gasteiger partial charge in [-0.3, -0.25) is 4.79 Å². The lowest BCUT2D eigenvalue weighted by molar-refractivity contribution is -0.128. The topological polar surface area (TPSA) is 38.7 Å². The molecule has 0 heterocycles. The Morgan fingerprint density at radius 2 is 2.17 bits per heavy atom. The van der Waals surface area contributed by atoms with Gasteiger partial charge in [-0.2, -0.15) is 0 Å². The summed E-state index contributed by atoms with van der Waals surface area (Å²) >= 11 is 0. The predicted octanol–water partition coefficient (Wildman–Crippen LogP) is 5.55. The fourth-order valence-electron chi connectivity index (χ4n) is 4.71. The number of fused-ring (bicyclic) bond motifs is 1. The summed E-state index contributed by atoms with van der Waals surface area (Å²) < 4.78 is 0. The standard InChI is InChI=1S/C21H35NO2/c1-15(9-7-11-19(22-24-6)20(2,3)4)16-12-13-17-18(23)10-8-14-21(16,17)5/h12,15,17H,7-11,13-14H2,1-6H3/b22-19+/t15-,17+,21-/m1/s1. The van der Waals surface area contributed by atoms with Crippen molar-refractivity contribution in [2.24, 2.45) is 27.8 Å². The summed E-state index contributed by atoms with van der Waals surface area (Å²) in [5.41, 5.74) is 2.86. The molecule has 2 aliphatic carbocycles. The lowest BCUT2D eigenvalue weighted by atomic mass is 9.63. The van der Waals surface area contributed by atoms with Crippen molar-refractivity contribution in [3.63, 3.8) is 0 Å². The number of hydrogen-bond acceptors (Lipinski definition) is 3. The molecule has 0 unspecified atom stereocenters. The van der Waals surface area contributed by atoms with Crippen molar-refractivity contribution in [3.05, 3.63) is 11.6 Å². The van der Waals surface area contributed by atoms with Gasteiger partial charge in [-0.25, -0.2) is 0 Å². The molecule has 24 heavy (non-hydrogen) atoms. The van der Waals surface area contributed by atoms with Gasteiger partial charge in [0.1, 0.15) is 12.9 Å². The van der Waals surface area contributed by atoms with Crippen molar-refractivity contribution < 1.29 is 9.63 Å². The highest BCUT2D eigenvalue weighted by atomic mass is 16.6. The molecule has 0 aromatic heterocycles. The molecule has 0 aliphatic heterocycles. The third-order valence-corrected chi connectivity index (χ3v) is 6.16. The van der Waals surface area contributed by atoms with E-state index >= 15 is 0 Å². The number of carbonyl (C=O) groups excluding carboxylic acids is 1. The molecule has 0 radical (unpaired) electrons. The van der Waals surface area contributed by atoms with Gasteiger partial charge in [0.25, 0.3) is 0 Å². The Morgan fingerprint density at radius 1 is 1.46 bits per heavy atom. The molecule has 0 N–H and O–H groups in total. The Bertz CT molecular complexity index is 526. The molecule has 0 saturated heterocycles. The number of hydrogen-bond donors (Lipinski definition) is 0. The first-order valence-electron chi connectivity index (χ1n) is 9.54. The summed E-state index contributed by atoms with van der Waals surface area (Å²) in [7, 11) is 1.62. The number of carbonyl (C=O) groups is 1. The third-order valence-electron chi connectivity index (χ3n) is 6.16. The van der Waals surface area contributed by atoms with Crippen LogP contribution in [0.1, 0.15) is 79.6 Å². The molecule has 0 spiro atoms. The van der Waals surface area contributed by atoms with Gasteiger partial charge in [0, 0.05) is 17.8 Å². The molecule has 2 aliphatic rings. The van der Waals surface area contributed by atoms with Gasteiger partial charge >= 0.3 is 0 Å². The highest BCUT2D eigenvalue weighted by Crippen LogP contribution is 2.53. The average Bonchev–Trinajstić information content (AvgIpc) is 2.83. The minimum Gasteiger partial charge on any atom is -0.399 e. The molecule has 3 atom stereocenters. The predicted molar refractivity (Wildman–Crippen MR) is 100 cm³/mol. The largest absolute Gasteiger partial charge is 0.399 e. The van der Waals surface area contributed by atoms with E-state index in [9.17, 15) is 4.79 Å². The van der Waals surface area contributed by atoms with Gasteiger partial charge in [-0.05, 0) is 49.9 Å². The zero-order chi connectivity index (χ0) is 18.0. The summed E-state index contributed by atoms with van der Waals surface area (Å²) in [5, 5.41) is 4.24. The monoisotopic (exact) mass is 333 g/mol. The molecule has 1 saturated carbocycles. The normalized spacial score (nSPS) is 29.2. The highest BCUT2D eigenvalue weighted by molar-refractivity contribution is 5.88. The maximum atomic E-state index is 12.3. The van der Waals surface area contributed by atoms with E-state index in [4.69, 9.17) is 4.84 Å². The number of allylic oxidation sites excluding steroid dienone is 2. The van der Waals surface area contributed by atoms with E-state index in [0.29, 0.717) is 11.7 Å². The van der Waals surface area contributed by atoms with Crippen molar-refractivity contribution in [1.82, 2.24) is 0 Å². The van der Waals surface area contributed by atoms with Crippen LogP contribution in [0.2, 0.25) is 0 Å². The van der Waals surface area contributed by atoms with Gasteiger partial charge in [-0.1, -0.05) is 51.4 Å². The minimum absolute atomic E-state index is 0.0543. The van der Waals surface area contributed by atoms with Gasteiger partial charge in [0.05, 0.1) is 5.71 Å². The van der Waals surface area contributed by atoms with Crippen molar-refractivity contribution in [2.75, 3.05) is 7.11 Å². The van der Waals surface area contributed by atoms with E-state index in [2.05, 4.69) is 45.9 Å². The molecule has 0 amide bonds. The van der Waals surface area contributed by atoms with E-state index in [1.54, 1.807) is 12.7 Å². The van der Waals surface area contributed by atoms with Crippen LogP contribution in [0.5, 0.6) is 0 Å². The lowest BCUT2D eigenvalue weighted by Crippen LogP contribution is -2.36. The molecule has 0 aromatic carbocycles. The Balaban J connectivity index is 1.95. The zero-order valence-electron chi connectivity index (χ0n) is 16.4. The van der Waals surface area contributed by atoms with Gasteiger partial charge < -0.3 is 4.84 Å². The molecule has 0 bridgehead atoms. The average molecular weight is 334 g/mol. The number of Topliss-reactive ketones (excluding diaryl/α,β-unsaturated/α-hetero) is 1. The molecule has 3 heteroatoms. The summed E-state index contributed by atoms with van der Waals surface area (Å²) in [5.74, 6) is 1.29. The second kappa shape index (κ2) is 7.41. The second-order valence-corrected chi connectivity index (χ2v) is 8.95. The van der Waals surface area contributed by atoms with Crippen LogP contribution in [0.25, 0.3) is 0 Å². The first kappa shape index (κ1) is 19.2. The maximum Gasteiger partial charge on any atom is 0.137 e. The summed E-state index contributed by atoms with van der Waals surface area (Å²) in [6.45, 7) is 11.2. The zero-order valence-corrected chi connectivity index (χ0v) is 16.4. The van der Waals surface area contributed by atoms with Gasteiger partial charge in [-0.15, -0.1) is 0 Å². The van der Waals surface area contributed by atoms with Crippen LogP contribution in [0.3, 0.4) is 0 Å². The SMILES string of the molecule is CO/N=C(\CCC[C@@H](C)C1=CC[C@H]2C(=O)CCC[C@]12C)C(C)(C)C. The summed E-state index contributed by atoms with van der Waals surface area (Å²) in [6.07, 6.45) is 9.63. The van der Waals surface area contributed by atoms with E-state index in [1.807, 2.05) is 0 Å². The van der Waals surface area contributed by atoms with E-state index in [0.717, 1.165) is 44.2 Å². The smallest absolute Gasteiger partial charge is 0.137 e. The molecular weight excluding hydrogens is 298 g/mol. The fourth-order valence-corrected chi connectivity index (χ4v) is 4.71. The van der Waals surface area contributed by atoms with Crippen LogP contribution in [-0.4, -0.2) is 18.6 Å². The first-order valence-corrected chi connectivity index (χ1v) is 9.54. The van der Waals surface area contributed by atoms with Crippen molar-refractivity contribution in [2.45, 2.75) is 79.6 Å². The van der Waals surface area contributed by atoms with E-state index in [1.165, 1.54) is 6.42 Å². The number of ketones is 1. The van der Waals surface area contributed by atoms with E-state index < -0.39 is 0 Å². The van der Waals surface area contributed by atoms with Crippen LogP contribution in [0.4, 0.5) is 0 Å². The molecule has 136 valence electrons. The first-order chi connectivity index (χ1) is 11.2. The van der Waals surface area contributed by atoms with Gasteiger partial charge in [0.2, 0.25) is 0 Å². The van der Waals surface area contributed by atoms with Crippen molar-refractivity contribution in [1.29, 1.82) is 0 Å². The van der Waals surface area contributed by atoms with E-state index in [-0.39, 0.29) is 16.7 Å². The highest BCUT2D eigenvalue weighted by Gasteiger charge is 2.47. The minimum atomic E-state index is 0.0543. The number of oxime groups is 1. The van der Waals surface area contributed by atoms with Crippen LogP contribution in [-0.2, 0) is 9.63 Å². The van der Waals surface area contributed by atoms with Crippen molar-refractivity contribution >= 4 is 11.5 Å². The van der Waals surface area contributed by atoms with Crippen LogP contribution >= 0.6 is 0 Å². The molecule has 1 fully saturated rings. The number of nitrogens with zero attached hydrogens (tertiary/aromatic N) is 1. The summed E-state index contributed by atoms with van der Waals surface area (Å²) in [6, 6.07) is 0. The van der Waals surface area contributed by atoms with Crippen LogP contribution in [0, 0.1) is 22.7 Å².